The third kappa shape index (κ3) is 43.3. The van der Waals surface area contributed by atoms with Crippen LogP contribution in [0.5, 0.6) is 0 Å². The molecule has 0 radical (unpaired) electrons. The SMILES string of the molecule is CC/C=C\C/C=C\C/C=C\CCCCCCCCCC(=O)OC(COC(=O)CCCCCCCCC/C=C\CCCCCCCCC)COC(OCC[N+](C)(C)C)C(=O)O. The van der Waals surface area contributed by atoms with Gasteiger partial charge >= 0.3 is 17.9 Å². The van der Waals surface area contributed by atoms with Crippen molar-refractivity contribution in [1.82, 2.24) is 0 Å². The van der Waals surface area contributed by atoms with E-state index in [1.54, 1.807) is 0 Å². The first-order valence-electron chi connectivity index (χ1n) is 24.3. The largest absolute Gasteiger partial charge is 0.477 e. The topological polar surface area (TPSA) is 108 Å². The quantitative estimate of drug-likeness (QED) is 0.0212. The van der Waals surface area contributed by atoms with Gasteiger partial charge in [0.1, 0.15) is 13.2 Å². The number of allylic oxidation sites excluding steroid dienone is 8. The molecular formula is C51H92NO8+. The van der Waals surface area contributed by atoms with E-state index in [9.17, 15) is 19.5 Å². The Labute approximate surface area is 368 Å². The molecule has 0 amide bonds. The number of quaternary nitrogens is 1. The second-order valence-corrected chi connectivity index (χ2v) is 17.4. The zero-order valence-electron chi connectivity index (χ0n) is 39.4. The number of carbonyl (C=O) groups excluding carboxylic acids is 2. The Kier molecular flexibility index (Phi) is 41.0. The van der Waals surface area contributed by atoms with Crippen molar-refractivity contribution in [2.24, 2.45) is 0 Å². The van der Waals surface area contributed by atoms with Gasteiger partial charge in [-0.2, -0.15) is 0 Å². The number of carboxylic acids is 1. The van der Waals surface area contributed by atoms with E-state index in [1.165, 1.54) is 103 Å². The molecule has 0 aromatic carbocycles. The van der Waals surface area contributed by atoms with Crippen LogP contribution < -0.4 is 0 Å². The average Bonchev–Trinajstić information content (AvgIpc) is 3.21. The Hall–Kier alpha value is -2.75. The molecule has 0 saturated heterocycles. The van der Waals surface area contributed by atoms with E-state index in [0.717, 1.165) is 64.2 Å². The molecule has 0 aromatic heterocycles. The molecule has 0 aromatic rings. The average molecular weight is 847 g/mol. The van der Waals surface area contributed by atoms with Crippen molar-refractivity contribution in [3.8, 4) is 0 Å². The molecule has 9 nitrogen and oxygen atoms in total. The zero-order valence-corrected chi connectivity index (χ0v) is 39.4. The number of aliphatic carboxylic acids is 1. The molecule has 2 atom stereocenters. The number of ether oxygens (including phenoxy) is 4. The Balaban J connectivity index is 4.40. The molecule has 0 rings (SSSR count). The summed E-state index contributed by atoms with van der Waals surface area (Å²) >= 11 is 0. The summed E-state index contributed by atoms with van der Waals surface area (Å²) < 4.78 is 22.8. The van der Waals surface area contributed by atoms with E-state index in [0.29, 0.717) is 23.9 Å². The minimum Gasteiger partial charge on any atom is -0.477 e. The summed E-state index contributed by atoms with van der Waals surface area (Å²) in [5.41, 5.74) is 0. The monoisotopic (exact) mass is 847 g/mol. The second-order valence-electron chi connectivity index (χ2n) is 17.4. The molecule has 0 bridgehead atoms. The molecular weight excluding hydrogens is 755 g/mol. The van der Waals surface area contributed by atoms with Gasteiger partial charge in [-0.3, -0.25) is 9.59 Å². The molecule has 60 heavy (non-hydrogen) atoms. The van der Waals surface area contributed by atoms with Crippen molar-refractivity contribution < 1.29 is 42.9 Å². The van der Waals surface area contributed by atoms with Gasteiger partial charge in [-0.05, 0) is 70.6 Å². The van der Waals surface area contributed by atoms with Gasteiger partial charge in [-0.25, -0.2) is 4.79 Å². The molecule has 0 heterocycles. The number of hydrogen-bond donors (Lipinski definition) is 1. The summed E-state index contributed by atoms with van der Waals surface area (Å²) in [6, 6.07) is 0. The van der Waals surface area contributed by atoms with E-state index in [4.69, 9.17) is 18.9 Å². The van der Waals surface area contributed by atoms with Crippen LogP contribution in [0.3, 0.4) is 0 Å². The maximum Gasteiger partial charge on any atom is 0.361 e. The summed E-state index contributed by atoms with van der Waals surface area (Å²) in [4.78, 5) is 37.2. The lowest BCUT2D eigenvalue weighted by molar-refractivity contribution is -0.870. The Bertz CT molecular complexity index is 1120. The van der Waals surface area contributed by atoms with E-state index in [2.05, 4.69) is 62.5 Å². The third-order valence-corrected chi connectivity index (χ3v) is 10.3. The van der Waals surface area contributed by atoms with Crippen molar-refractivity contribution in [2.75, 3.05) is 47.5 Å². The minimum atomic E-state index is -1.51. The molecule has 9 heteroatoms. The number of likely N-dealkylation sites (N-methyl/N-ethyl adjacent to an activating group) is 1. The van der Waals surface area contributed by atoms with Gasteiger partial charge in [-0.15, -0.1) is 0 Å². The Morgan fingerprint density at radius 1 is 0.517 bits per heavy atom. The van der Waals surface area contributed by atoms with Crippen LogP contribution in [0, 0.1) is 0 Å². The predicted octanol–water partition coefficient (Wildman–Crippen LogP) is 13.2. The van der Waals surface area contributed by atoms with Crippen molar-refractivity contribution in [1.29, 1.82) is 0 Å². The zero-order chi connectivity index (χ0) is 44.2. The standard InChI is InChI=1S/C51H91NO8/c1-6-8-10-12-14-16-18-20-22-24-26-27-29-31-33-35-37-39-41-48(53)58-45-47(46-59-51(50(55)56)57-44-43-52(3,4)5)60-49(54)42-40-38-36-34-32-30-28-25-23-21-19-17-15-13-11-9-7-2/h9,11,15,17,21-24,47,51H,6-8,10,12-14,16,18-20,25-46H2,1-5H3/p+1/b11-9-,17-15-,23-21-,24-22-. The number of nitrogens with zero attached hydrogens (tertiary/aromatic N) is 1. The molecule has 348 valence electrons. The van der Waals surface area contributed by atoms with Gasteiger partial charge in [0.15, 0.2) is 6.10 Å². The lowest BCUT2D eigenvalue weighted by atomic mass is 10.1. The minimum absolute atomic E-state index is 0.184. The molecule has 0 aliphatic carbocycles. The van der Waals surface area contributed by atoms with Gasteiger partial charge < -0.3 is 28.5 Å². The molecule has 0 spiro atoms. The highest BCUT2D eigenvalue weighted by molar-refractivity contribution is 5.71. The van der Waals surface area contributed by atoms with Crippen molar-refractivity contribution >= 4 is 17.9 Å². The van der Waals surface area contributed by atoms with Crippen LogP contribution in [0.1, 0.15) is 200 Å². The lowest BCUT2D eigenvalue weighted by Crippen LogP contribution is -2.40. The van der Waals surface area contributed by atoms with Gasteiger partial charge in [0.2, 0.25) is 0 Å². The van der Waals surface area contributed by atoms with Crippen molar-refractivity contribution in [3.63, 3.8) is 0 Å². The normalized spacial score (nSPS) is 13.3. The van der Waals surface area contributed by atoms with E-state index in [-0.39, 0.29) is 32.2 Å². The number of unbranched alkanes of at least 4 members (excludes halogenated alkanes) is 21. The summed E-state index contributed by atoms with van der Waals surface area (Å²) in [6.45, 7) is 4.75. The van der Waals surface area contributed by atoms with Crippen LogP contribution >= 0.6 is 0 Å². The first kappa shape index (κ1) is 57.2. The van der Waals surface area contributed by atoms with Crippen LogP contribution in [0.15, 0.2) is 48.6 Å². The fourth-order valence-corrected chi connectivity index (χ4v) is 6.55. The van der Waals surface area contributed by atoms with Crippen molar-refractivity contribution in [2.45, 2.75) is 212 Å². The van der Waals surface area contributed by atoms with Crippen molar-refractivity contribution in [3.05, 3.63) is 48.6 Å². The number of hydrogen-bond acceptors (Lipinski definition) is 7. The second kappa shape index (κ2) is 42.9. The van der Waals surface area contributed by atoms with Crippen LogP contribution in [0.2, 0.25) is 0 Å². The van der Waals surface area contributed by atoms with Gasteiger partial charge in [0.05, 0.1) is 34.4 Å². The highest BCUT2D eigenvalue weighted by Crippen LogP contribution is 2.14. The Morgan fingerprint density at radius 2 is 0.950 bits per heavy atom. The molecule has 0 saturated carbocycles. The molecule has 0 fully saturated rings. The maximum absolute atomic E-state index is 12.8. The van der Waals surface area contributed by atoms with E-state index >= 15 is 0 Å². The molecule has 0 aliphatic rings. The molecule has 2 unspecified atom stereocenters. The number of esters is 2. The molecule has 1 N–H and O–H groups in total. The fraction of sp³-hybridized carbons (Fsp3) is 0.784. The predicted molar refractivity (Wildman–Crippen MR) is 249 cm³/mol. The van der Waals surface area contributed by atoms with Crippen LogP contribution in [-0.4, -0.2) is 87.4 Å². The highest BCUT2D eigenvalue weighted by atomic mass is 16.7. The summed E-state index contributed by atoms with van der Waals surface area (Å²) in [5, 5.41) is 9.65. The summed E-state index contributed by atoms with van der Waals surface area (Å²) in [5.74, 6) is -2.02. The molecule has 0 aliphatic heterocycles. The Morgan fingerprint density at radius 3 is 1.43 bits per heavy atom. The smallest absolute Gasteiger partial charge is 0.361 e. The van der Waals surface area contributed by atoms with Gasteiger partial charge in [0, 0.05) is 12.8 Å². The van der Waals surface area contributed by atoms with E-state index < -0.39 is 24.3 Å². The van der Waals surface area contributed by atoms with Crippen LogP contribution in [0.25, 0.3) is 0 Å². The van der Waals surface area contributed by atoms with Gasteiger partial charge in [-0.1, -0.05) is 165 Å². The number of rotatable bonds is 44. The number of carboxylic acid groups (broad SMARTS) is 1. The maximum atomic E-state index is 12.8. The fourth-order valence-electron chi connectivity index (χ4n) is 6.55. The van der Waals surface area contributed by atoms with Crippen LogP contribution in [-0.2, 0) is 33.3 Å². The number of carbonyl (C=O) groups is 3. The van der Waals surface area contributed by atoms with Crippen LogP contribution in [0.4, 0.5) is 0 Å². The first-order valence-corrected chi connectivity index (χ1v) is 24.3. The van der Waals surface area contributed by atoms with E-state index in [1.807, 2.05) is 21.1 Å². The highest BCUT2D eigenvalue weighted by Gasteiger charge is 2.25. The lowest BCUT2D eigenvalue weighted by Gasteiger charge is -2.25. The van der Waals surface area contributed by atoms with Gasteiger partial charge in [0.25, 0.3) is 6.29 Å². The first-order chi connectivity index (χ1) is 29.1. The third-order valence-electron chi connectivity index (χ3n) is 10.3. The summed E-state index contributed by atoms with van der Waals surface area (Å²) in [7, 11) is 5.95. The summed E-state index contributed by atoms with van der Waals surface area (Å²) in [6.07, 6.45) is 47.4.